The molecule has 6 unspecified atom stereocenters. The Labute approximate surface area is 365 Å². The van der Waals surface area contributed by atoms with E-state index in [2.05, 4.69) is 5.43 Å². The molecule has 6 atom stereocenters. The van der Waals surface area contributed by atoms with Gasteiger partial charge < -0.3 is 24.1 Å². The summed E-state index contributed by atoms with van der Waals surface area (Å²) < 4.78 is 22.4. The molecule has 0 bridgehead atoms. The second-order valence-electron chi connectivity index (χ2n) is 16.4. The number of rotatable bonds is 11. The van der Waals surface area contributed by atoms with Crippen LogP contribution in [0, 0.1) is 30.6 Å². The third kappa shape index (κ3) is 6.59. The number of nitrogens with zero attached hydrogens (tertiary/aromatic N) is 2. The van der Waals surface area contributed by atoms with Crippen LogP contribution < -0.4 is 29.3 Å². The van der Waals surface area contributed by atoms with E-state index in [9.17, 15) is 14.7 Å². The summed E-state index contributed by atoms with van der Waals surface area (Å²) in [6, 6.07) is 32.3. The van der Waals surface area contributed by atoms with Gasteiger partial charge in [0.25, 0.3) is 11.8 Å². The molecule has 320 valence electrons. The smallest absolute Gasteiger partial charge is 0.260 e. The van der Waals surface area contributed by atoms with Gasteiger partial charge >= 0.3 is 0 Å². The lowest BCUT2D eigenvalue weighted by Crippen LogP contribution is -2.53. The predicted molar refractivity (Wildman–Crippen MR) is 237 cm³/mol. The fourth-order valence-electron chi connectivity index (χ4n) is 10.4. The number of hydrazine groups is 1. The summed E-state index contributed by atoms with van der Waals surface area (Å²) in [5.41, 5.74) is 6.66. The fourth-order valence-corrected chi connectivity index (χ4v) is 10.4. The monoisotopic (exact) mass is 845 g/mol. The van der Waals surface area contributed by atoms with Crippen molar-refractivity contribution in [1.82, 2.24) is 5.01 Å². The highest BCUT2D eigenvalue weighted by Gasteiger charge is 2.71. The van der Waals surface area contributed by atoms with Crippen molar-refractivity contribution in [1.29, 1.82) is 0 Å². The topological polar surface area (TPSA) is 144 Å². The number of aromatic hydroxyl groups is 1. The SMILES string of the molecule is COc1ccc(OC)c(C=Cc2ccc(N3C(=O)C4CC=C5C(CC6C(=O)N(Nc7ccc(C)cc7)C(=O)C6(c6ccccc6)C5c5c(O)cc(OC)cc5OC)C4C3=O)cc2)c1. The number of aryl methyl sites for hydroxylation is 1. The maximum absolute atomic E-state index is 15.6. The van der Waals surface area contributed by atoms with Gasteiger partial charge in [-0.15, -0.1) is 0 Å². The molecule has 5 aromatic carbocycles. The number of fused-ring (bicyclic) bond motifs is 4. The predicted octanol–water partition coefficient (Wildman–Crippen LogP) is 8.09. The van der Waals surface area contributed by atoms with Crippen LogP contribution in [-0.2, 0) is 24.6 Å². The number of benzene rings is 5. The van der Waals surface area contributed by atoms with Crippen molar-refractivity contribution < 1.29 is 43.2 Å². The first-order chi connectivity index (χ1) is 30.5. The molecule has 5 aromatic rings. The fraction of sp³-hybridized carbons (Fsp3) is 0.255. The van der Waals surface area contributed by atoms with Crippen LogP contribution >= 0.6 is 0 Å². The van der Waals surface area contributed by atoms with Crippen molar-refractivity contribution in [2.75, 3.05) is 38.8 Å². The number of anilines is 2. The molecule has 3 fully saturated rings. The van der Waals surface area contributed by atoms with Crippen molar-refractivity contribution in [3.63, 3.8) is 0 Å². The summed E-state index contributed by atoms with van der Waals surface area (Å²) >= 11 is 0. The number of ether oxygens (including phenoxy) is 4. The van der Waals surface area contributed by atoms with Crippen LogP contribution in [0.15, 0.2) is 121 Å². The minimum absolute atomic E-state index is 0.0958. The van der Waals surface area contributed by atoms with E-state index in [1.807, 2.05) is 97.9 Å². The van der Waals surface area contributed by atoms with Crippen LogP contribution in [0.5, 0.6) is 28.7 Å². The van der Waals surface area contributed by atoms with Gasteiger partial charge in [0.2, 0.25) is 11.8 Å². The normalized spacial score (nSPS) is 23.9. The van der Waals surface area contributed by atoms with Crippen LogP contribution in [0.3, 0.4) is 0 Å². The van der Waals surface area contributed by atoms with Crippen LogP contribution in [0.1, 0.15) is 46.6 Å². The Kier molecular flexibility index (Phi) is 10.5. The van der Waals surface area contributed by atoms with E-state index in [0.29, 0.717) is 39.8 Å². The number of hydrogen-bond acceptors (Lipinski definition) is 10. The van der Waals surface area contributed by atoms with Crippen molar-refractivity contribution in [3.05, 3.63) is 149 Å². The standard InChI is InChI=1S/C51H47N3O9/c1-29-11-17-33(18-12-29)52-54-48(57)40-28-39-37(46(45-41(55)26-36(61-3)27-43(45)63-5)51(40,50(54)59)32-9-7-6-8-10-32)22-23-38-44(39)49(58)53(47(38)56)34-19-14-30(15-20-34)13-16-31-25-35(60-2)21-24-42(31)62-4/h6-22,24-27,38-40,44,46,52,55H,23,28H2,1-5H3. The van der Waals surface area contributed by atoms with Crippen molar-refractivity contribution in [2.45, 2.75) is 31.1 Å². The molecule has 0 aromatic heterocycles. The highest BCUT2D eigenvalue weighted by molar-refractivity contribution is 6.22. The summed E-state index contributed by atoms with van der Waals surface area (Å²) in [5.74, 6) is -4.20. The molecule has 2 aliphatic carbocycles. The molecule has 2 aliphatic heterocycles. The van der Waals surface area contributed by atoms with Crippen molar-refractivity contribution in [2.24, 2.45) is 23.7 Å². The highest BCUT2D eigenvalue weighted by Crippen LogP contribution is 2.66. The van der Waals surface area contributed by atoms with Crippen LogP contribution in [-0.4, -0.2) is 62.2 Å². The third-order valence-corrected chi connectivity index (χ3v) is 13.3. The van der Waals surface area contributed by atoms with Gasteiger partial charge in [-0.2, -0.15) is 5.01 Å². The maximum Gasteiger partial charge on any atom is 0.260 e. The van der Waals surface area contributed by atoms with Gasteiger partial charge in [-0.3, -0.25) is 29.5 Å². The van der Waals surface area contributed by atoms with E-state index in [-0.39, 0.29) is 41.7 Å². The molecule has 2 saturated heterocycles. The Morgan fingerprint density at radius 3 is 2.11 bits per heavy atom. The number of methoxy groups -OCH3 is 4. The van der Waals surface area contributed by atoms with Crippen LogP contribution in [0.4, 0.5) is 11.4 Å². The summed E-state index contributed by atoms with van der Waals surface area (Å²) in [5, 5.41) is 13.1. The van der Waals surface area contributed by atoms with Gasteiger partial charge in [-0.05, 0) is 79.3 Å². The van der Waals surface area contributed by atoms with E-state index in [0.717, 1.165) is 21.7 Å². The molecule has 0 spiro atoms. The number of carbonyl (C=O) groups is 4. The quantitative estimate of drug-likeness (QED) is 0.0761. The minimum Gasteiger partial charge on any atom is -0.507 e. The van der Waals surface area contributed by atoms with E-state index in [4.69, 9.17) is 18.9 Å². The molecule has 12 nitrogen and oxygen atoms in total. The molecular formula is C51H47N3O9. The van der Waals surface area contributed by atoms with E-state index in [1.54, 1.807) is 44.6 Å². The Hall–Kier alpha value is -7.34. The zero-order valence-electron chi connectivity index (χ0n) is 35.5. The molecule has 1 saturated carbocycles. The summed E-state index contributed by atoms with van der Waals surface area (Å²) in [6.07, 6.45) is 6.06. The summed E-state index contributed by atoms with van der Waals surface area (Å²) in [4.78, 5) is 61.3. The number of carbonyl (C=O) groups excluding carboxylic acids is 4. The second kappa shape index (κ2) is 16.2. The zero-order valence-corrected chi connectivity index (χ0v) is 35.5. The summed E-state index contributed by atoms with van der Waals surface area (Å²) in [6.45, 7) is 1.95. The number of allylic oxidation sites excluding steroid dienone is 2. The third-order valence-electron chi connectivity index (χ3n) is 13.3. The molecule has 12 heteroatoms. The molecule has 9 rings (SSSR count). The Morgan fingerprint density at radius 2 is 1.43 bits per heavy atom. The first kappa shape index (κ1) is 41.0. The van der Waals surface area contributed by atoms with Crippen LogP contribution in [0.25, 0.3) is 12.2 Å². The van der Waals surface area contributed by atoms with Gasteiger partial charge in [0.05, 0.1) is 63.0 Å². The Bertz CT molecular complexity index is 2700. The number of amides is 4. The number of phenolic OH excluding ortho intramolecular Hbond substituents is 1. The lowest BCUT2D eigenvalue weighted by molar-refractivity contribution is -0.138. The molecule has 2 N–H and O–H groups in total. The van der Waals surface area contributed by atoms with Gasteiger partial charge in [0.1, 0.15) is 28.7 Å². The van der Waals surface area contributed by atoms with Gasteiger partial charge in [0.15, 0.2) is 0 Å². The second-order valence-corrected chi connectivity index (χ2v) is 16.4. The van der Waals surface area contributed by atoms with Crippen molar-refractivity contribution in [3.8, 4) is 28.7 Å². The average Bonchev–Trinajstić information content (AvgIpc) is 3.69. The Morgan fingerprint density at radius 1 is 0.714 bits per heavy atom. The first-order valence-corrected chi connectivity index (χ1v) is 20.8. The van der Waals surface area contributed by atoms with Gasteiger partial charge in [0, 0.05) is 29.2 Å². The molecule has 63 heavy (non-hydrogen) atoms. The molecule has 4 amide bonds. The number of nitrogens with one attached hydrogen (secondary N) is 1. The Balaban J connectivity index is 1.14. The zero-order chi connectivity index (χ0) is 44.2. The maximum atomic E-state index is 15.6. The van der Waals surface area contributed by atoms with Crippen LogP contribution in [0.2, 0.25) is 0 Å². The van der Waals surface area contributed by atoms with Crippen molar-refractivity contribution >= 4 is 47.2 Å². The molecular weight excluding hydrogens is 799 g/mol. The highest BCUT2D eigenvalue weighted by atomic mass is 16.5. The van der Waals surface area contributed by atoms with E-state index < -0.39 is 46.8 Å². The van der Waals surface area contributed by atoms with Gasteiger partial charge in [-0.1, -0.05) is 84.0 Å². The minimum atomic E-state index is -1.60. The lowest BCUT2D eigenvalue weighted by Gasteiger charge is -2.50. The number of hydrogen-bond donors (Lipinski definition) is 2. The lowest BCUT2D eigenvalue weighted by atomic mass is 9.49. The number of imide groups is 2. The largest absolute Gasteiger partial charge is 0.507 e. The molecule has 4 aliphatic rings. The molecule has 2 heterocycles. The first-order valence-electron chi connectivity index (χ1n) is 20.8. The summed E-state index contributed by atoms with van der Waals surface area (Å²) in [7, 11) is 6.15. The molecule has 0 radical (unpaired) electrons. The van der Waals surface area contributed by atoms with E-state index >= 15 is 9.59 Å². The average molecular weight is 846 g/mol. The van der Waals surface area contributed by atoms with Gasteiger partial charge in [-0.25, -0.2) is 0 Å². The number of phenols is 1. The van der Waals surface area contributed by atoms with E-state index in [1.165, 1.54) is 25.2 Å².